The first-order chi connectivity index (χ1) is 13.4. The van der Waals surface area contributed by atoms with Crippen LogP contribution in [-0.2, 0) is 25.6 Å². The average molecular weight is 421 g/mol. The molecule has 2 aliphatic rings. The van der Waals surface area contributed by atoms with Crippen LogP contribution < -0.4 is 5.73 Å². The van der Waals surface area contributed by atoms with Crippen molar-refractivity contribution in [3.05, 3.63) is 36.7 Å². The van der Waals surface area contributed by atoms with Crippen molar-refractivity contribution >= 4 is 35.5 Å². The number of rotatable bonds is 2. The number of aliphatic hydroxyl groups excluding tert-OH is 1. The highest BCUT2D eigenvalue weighted by molar-refractivity contribution is 8.07. The molecule has 4 N–H and O–H groups in total. The van der Waals surface area contributed by atoms with Crippen LogP contribution >= 0.6 is 6.72 Å². The van der Waals surface area contributed by atoms with E-state index >= 15 is 0 Å². The molecule has 28 heavy (non-hydrogen) atoms. The van der Waals surface area contributed by atoms with Crippen LogP contribution in [0.25, 0.3) is 22.6 Å². The molecule has 2 saturated heterocycles. The Labute approximate surface area is 164 Å². The van der Waals surface area contributed by atoms with Crippen molar-refractivity contribution in [1.29, 1.82) is 0 Å². The van der Waals surface area contributed by atoms with Crippen molar-refractivity contribution in [1.82, 2.24) is 19.5 Å². The molecule has 5 atom stereocenters. The second-order valence-corrected chi connectivity index (χ2v) is 9.28. The van der Waals surface area contributed by atoms with Gasteiger partial charge in [0.25, 0.3) is 0 Å². The van der Waals surface area contributed by atoms with Crippen LogP contribution in [0.3, 0.4) is 0 Å². The molecule has 1 aromatic carbocycles. The maximum absolute atomic E-state index is 10.9. The van der Waals surface area contributed by atoms with Gasteiger partial charge in [-0.3, -0.25) is 9.09 Å². The van der Waals surface area contributed by atoms with Crippen LogP contribution in [0.5, 0.6) is 0 Å². The highest BCUT2D eigenvalue weighted by Gasteiger charge is 2.51. The summed E-state index contributed by atoms with van der Waals surface area (Å²) in [5.74, 6) is 0.728. The van der Waals surface area contributed by atoms with E-state index in [1.807, 2.05) is 30.3 Å². The first-order valence-electron chi connectivity index (χ1n) is 8.48. The van der Waals surface area contributed by atoms with E-state index in [-0.39, 0.29) is 12.4 Å². The zero-order chi connectivity index (χ0) is 19.5. The van der Waals surface area contributed by atoms with E-state index in [1.165, 1.54) is 6.33 Å². The topological polar surface area (TPSA) is 138 Å². The van der Waals surface area contributed by atoms with E-state index in [0.29, 0.717) is 17.0 Å². The molecule has 5 rings (SSSR count). The minimum Gasteiger partial charge on any atom is -0.386 e. The van der Waals surface area contributed by atoms with Gasteiger partial charge in [-0.05, 0) is 11.8 Å². The number of aliphatic hydroxyl groups is 1. The van der Waals surface area contributed by atoms with Crippen molar-refractivity contribution in [2.75, 3.05) is 12.3 Å². The molecule has 2 fully saturated rings. The molecule has 10 nitrogen and oxygen atoms in total. The van der Waals surface area contributed by atoms with Crippen molar-refractivity contribution in [3.8, 4) is 11.4 Å². The first-order valence-corrected chi connectivity index (χ1v) is 11.1. The van der Waals surface area contributed by atoms with Gasteiger partial charge >= 0.3 is 6.72 Å². The quantitative estimate of drug-likeness (QED) is 0.513. The van der Waals surface area contributed by atoms with Gasteiger partial charge in [0, 0.05) is 5.56 Å². The summed E-state index contributed by atoms with van der Waals surface area (Å²) in [4.78, 5) is 22.8. The van der Waals surface area contributed by atoms with Crippen LogP contribution in [0.4, 0.5) is 5.82 Å². The number of benzene rings is 1. The van der Waals surface area contributed by atoms with Gasteiger partial charge in [0.15, 0.2) is 23.2 Å². The molecule has 0 spiro atoms. The number of nitrogen functional groups attached to an aromatic ring is 1. The number of fused-ring (bicyclic) bond motifs is 2. The van der Waals surface area contributed by atoms with Crippen LogP contribution in [0.2, 0.25) is 0 Å². The Balaban J connectivity index is 1.66. The number of nitrogens with zero attached hydrogens (tertiary/aromatic N) is 4. The fourth-order valence-corrected chi connectivity index (χ4v) is 4.95. The SMILES string of the molecule is Nc1ncnc2c1nc(-c1ccccc1)n2[C@@H]1OC2CO[P@@](O)(=S)OC2[C@@H]1O. The van der Waals surface area contributed by atoms with Crippen LogP contribution in [0.1, 0.15) is 6.23 Å². The van der Waals surface area contributed by atoms with Gasteiger partial charge in [0.1, 0.15) is 30.5 Å². The predicted octanol–water partition coefficient (Wildman–Crippen LogP) is 0.966. The largest absolute Gasteiger partial charge is 0.386 e. The maximum atomic E-state index is 10.9. The molecule has 0 aliphatic carbocycles. The molecule has 2 aliphatic heterocycles. The molecule has 0 bridgehead atoms. The summed E-state index contributed by atoms with van der Waals surface area (Å²) >= 11 is 4.91. The highest BCUT2D eigenvalue weighted by atomic mass is 32.5. The number of nitrogens with two attached hydrogens (primary N) is 1. The molecule has 12 heteroatoms. The summed E-state index contributed by atoms with van der Waals surface area (Å²) in [5, 5.41) is 10.9. The van der Waals surface area contributed by atoms with Crippen molar-refractivity contribution in [2.24, 2.45) is 0 Å². The molecule has 0 saturated carbocycles. The number of aromatic nitrogens is 4. The van der Waals surface area contributed by atoms with Crippen molar-refractivity contribution < 1.29 is 23.8 Å². The third-order valence-electron chi connectivity index (χ3n) is 4.76. The third-order valence-corrected chi connectivity index (χ3v) is 6.32. The smallest absolute Gasteiger partial charge is 0.325 e. The normalized spacial score (nSPS) is 32.5. The number of anilines is 1. The number of hydrogen-bond donors (Lipinski definition) is 3. The Bertz CT molecular complexity index is 1100. The Morgan fingerprint density at radius 1 is 1.25 bits per heavy atom. The fraction of sp³-hybridized carbons (Fsp3) is 0.312. The maximum Gasteiger partial charge on any atom is 0.325 e. The lowest BCUT2D eigenvalue weighted by Gasteiger charge is -2.30. The van der Waals surface area contributed by atoms with Gasteiger partial charge in [0.05, 0.1) is 6.61 Å². The van der Waals surface area contributed by atoms with Gasteiger partial charge in [-0.15, -0.1) is 0 Å². The molecule has 3 aromatic rings. The Morgan fingerprint density at radius 3 is 2.82 bits per heavy atom. The Morgan fingerprint density at radius 2 is 2.04 bits per heavy atom. The number of imidazole rings is 1. The first kappa shape index (κ1) is 18.1. The van der Waals surface area contributed by atoms with Crippen LogP contribution in [-0.4, -0.2) is 54.4 Å². The van der Waals surface area contributed by atoms with E-state index in [1.54, 1.807) is 4.57 Å². The fourth-order valence-electron chi connectivity index (χ4n) is 3.51. The lowest BCUT2D eigenvalue weighted by Crippen LogP contribution is -2.39. The minimum atomic E-state index is -3.40. The number of ether oxygens (including phenoxy) is 1. The van der Waals surface area contributed by atoms with E-state index in [4.69, 9.17) is 31.3 Å². The van der Waals surface area contributed by atoms with Crippen molar-refractivity contribution in [3.63, 3.8) is 0 Å². The standard InChI is InChI=1S/C16H16N5O5PS/c17-13-10-15(19-7-18-13)21(14(20-10)8-4-2-1-3-5-8)16-11(22)12-9(25-16)6-24-27(23,28)26-12/h1-5,7,9,11-12,16,22H,6H2,(H,23,28)(H2,17,18,19)/t9?,11-,12?,16+,27+/m0/s1. The molecule has 4 heterocycles. The van der Waals surface area contributed by atoms with E-state index in [2.05, 4.69) is 15.0 Å². The van der Waals surface area contributed by atoms with Gasteiger partial charge in [-0.2, -0.15) is 0 Å². The summed E-state index contributed by atoms with van der Waals surface area (Å²) in [5.41, 5.74) is 7.59. The summed E-state index contributed by atoms with van der Waals surface area (Å²) in [7, 11) is 0. The minimum absolute atomic E-state index is 0.0242. The van der Waals surface area contributed by atoms with E-state index in [0.717, 1.165) is 5.56 Å². The monoisotopic (exact) mass is 421 g/mol. The van der Waals surface area contributed by atoms with Crippen LogP contribution in [0, 0.1) is 0 Å². The summed E-state index contributed by atoms with van der Waals surface area (Å²) in [6, 6.07) is 9.39. The number of hydrogen-bond acceptors (Lipinski definition) is 9. The lowest BCUT2D eigenvalue weighted by atomic mass is 10.1. The Kier molecular flexibility index (Phi) is 4.21. The molecule has 146 valence electrons. The molecular weight excluding hydrogens is 405 g/mol. The molecule has 0 amide bonds. The molecule has 2 aromatic heterocycles. The lowest BCUT2D eigenvalue weighted by molar-refractivity contribution is -0.0587. The zero-order valence-electron chi connectivity index (χ0n) is 14.3. The second kappa shape index (κ2) is 6.53. The predicted molar refractivity (Wildman–Crippen MR) is 102 cm³/mol. The molecule has 0 radical (unpaired) electrons. The summed E-state index contributed by atoms with van der Waals surface area (Å²) in [6.45, 7) is -3.38. The second-order valence-electron chi connectivity index (χ2n) is 6.49. The van der Waals surface area contributed by atoms with Gasteiger partial charge in [-0.1, -0.05) is 30.3 Å². The average Bonchev–Trinajstić information content (AvgIpc) is 3.21. The van der Waals surface area contributed by atoms with Crippen molar-refractivity contribution in [2.45, 2.75) is 24.5 Å². The molecule has 2 unspecified atom stereocenters. The van der Waals surface area contributed by atoms with Gasteiger partial charge in [0.2, 0.25) is 0 Å². The van der Waals surface area contributed by atoms with E-state index < -0.39 is 31.3 Å². The summed E-state index contributed by atoms with van der Waals surface area (Å²) < 4.78 is 18.3. The van der Waals surface area contributed by atoms with Gasteiger partial charge in [-0.25, -0.2) is 15.0 Å². The Hall–Kier alpha value is -1.98. The van der Waals surface area contributed by atoms with Crippen LogP contribution in [0.15, 0.2) is 36.7 Å². The van der Waals surface area contributed by atoms with Gasteiger partial charge < -0.3 is 25.0 Å². The molecular formula is C16H16N5O5PS. The summed E-state index contributed by atoms with van der Waals surface area (Å²) in [6.07, 6.45) is -2.11. The zero-order valence-corrected chi connectivity index (χ0v) is 16.0. The third kappa shape index (κ3) is 2.83. The van der Waals surface area contributed by atoms with E-state index in [9.17, 15) is 10.00 Å². The highest BCUT2D eigenvalue weighted by Crippen LogP contribution is 2.53.